The first-order valence-electron chi connectivity index (χ1n) is 5.24. The Hall–Kier alpha value is -1.23. The van der Waals surface area contributed by atoms with Gasteiger partial charge in [0.2, 0.25) is 5.95 Å². The van der Waals surface area contributed by atoms with Gasteiger partial charge in [0.15, 0.2) is 5.82 Å². The molecule has 0 aliphatic carbocycles. The summed E-state index contributed by atoms with van der Waals surface area (Å²) < 4.78 is 17.6. The summed E-state index contributed by atoms with van der Waals surface area (Å²) in [6.45, 7) is 5.70. The molecule has 0 unspecified atom stereocenters. The van der Waals surface area contributed by atoms with Crippen LogP contribution in [0.25, 0.3) is 0 Å². The Labute approximate surface area is 95.3 Å². The maximum absolute atomic E-state index is 12.6. The van der Waals surface area contributed by atoms with E-state index in [1.807, 2.05) is 0 Å². The van der Waals surface area contributed by atoms with E-state index in [1.165, 1.54) is 0 Å². The Morgan fingerprint density at radius 1 is 1.38 bits per heavy atom. The number of anilines is 1. The molecule has 0 radical (unpaired) electrons. The lowest BCUT2D eigenvalue weighted by molar-refractivity contribution is 0.157. The molecule has 90 valence electrons. The van der Waals surface area contributed by atoms with Crippen LogP contribution in [-0.4, -0.2) is 30.2 Å². The molecule has 1 aromatic heterocycles. The van der Waals surface area contributed by atoms with Crippen LogP contribution in [0.5, 0.6) is 0 Å². The van der Waals surface area contributed by atoms with Gasteiger partial charge in [-0.3, -0.25) is 0 Å². The fourth-order valence-corrected chi connectivity index (χ4v) is 1.19. The van der Waals surface area contributed by atoms with E-state index in [1.54, 1.807) is 7.11 Å². The summed E-state index contributed by atoms with van der Waals surface area (Å²) in [7, 11) is 1.69. The molecule has 0 atom stereocenters. The molecule has 0 aliphatic rings. The highest BCUT2D eigenvalue weighted by molar-refractivity contribution is 5.22. The maximum Gasteiger partial charge on any atom is 0.222 e. The molecule has 1 aromatic rings. The van der Waals surface area contributed by atoms with E-state index in [-0.39, 0.29) is 5.41 Å². The number of aromatic nitrogens is 2. The average molecular weight is 227 g/mol. The quantitative estimate of drug-likeness (QED) is 0.808. The van der Waals surface area contributed by atoms with Crippen LogP contribution in [0.3, 0.4) is 0 Å². The van der Waals surface area contributed by atoms with Crippen molar-refractivity contribution in [3.8, 4) is 0 Å². The zero-order valence-electron chi connectivity index (χ0n) is 9.96. The molecule has 0 amide bonds. The van der Waals surface area contributed by atoms with Gasteiger partial charge in [-0.1, -0.05) is 13.8 Å². The zero-order chi connectivity index (χ0) is 12.0. The third-order valence-electron chi connectivity index (χ3n) is 2.33. The van der Waals surface area contributed by atoms with Gasteiger partial charge in [-0.2, -0.15) is 0 Å². The first-order chi connectivity index (χ1) is 7.53. The number of hydrogen-bond donors (Lipinski definition) is 1. The van der Waals surface area contributed by atoms with Gasteiger partial charge >= 0.3 is 0 Å². The van der Waals surface area contributed by atoms with Gasteiger partial charge in [0, 0.05) is 20.3 Å². The zero-order valence-corrected chi connectivity index (χ0v) is 9.96. The highest BCUT2D eigenvalue weighted by atomic mass is 19.1. The van der Waals surface area contributed by atoms with Gasteiger partial charge in [0.25, 0.3) is 0 Å². The van der Waals surface area contributed by atoms with Crippen LogP contribution in [-0.2, 0) is 4.74 Å². The minimum absolute atomic E-state index is 0.0910. The van der Waals surface area contributed by atoms with Crippen LogP contribution in [0.2, 0.25) is 0 Å². The van der Waals surface area contributed by atoms with E-state index >= 15 is 0 Å². The van der Waals surface area contributed by atoms with Crippen molar-refractivity contribution in [1.29, 1.82) is 0 Å². The third-order valence-corrected chi connectivity index (χ3v) is 2.33. The highest BCUT2D eigenvalue weighted by Crippen LogP contribution is 2.20. The van der Waals surface area contributed by atoms with Crippen LogP contribution >= 0.6 is 0 Å². The van der Waals surface area contributed by atoms with Crippen molar-refractivity contribution >= 4 is 5.95 Å². The molecule has 0 aromatic carbocycles. The second-order valence-corrected chi connectivity index (χ2v) is 4.49. The van der Waals surface area contributed by atoms with Crippen LogP contribution in [0.15, 0.2) is 12.4 Å². The molecule has 5 heteroatoms. The van der Waals surface area contributed by atoms with Gasteiger partial charge in [-0.05, 0) is 11.8 Å². The molecular weight excluding hydrogens is 209 g/mol. The minimum atomic E-state index is -0.427. The van der Waals surface area contributed by atoms with E-state index in [4.69, 9.17) is 4.74 Å². The van der Waals surface area contributed by atoms with Gasteiger partial charge in [0.1, 0.15) is 0 Å². The predicted octanol–water partition coefficient (Wildman–Crippen LogP) is 2.09. The summed E-state index contributed by atoms with van der Waals surface area (Å²) in [4.78, 5) is 7.67. The molecule has 0 fully saturated rings. The monoisotopic (exact) mass is 227 g/mol. The molecule has 0 saturated heterocycles. The lowest BCUT2D eigenvalue weighted by Gasteiger charge is -2.24. The molecular formula is C11H18FN3O. The number of methoxy groups -OCH3 is 1. The van der Waals surface area contributed by atoms with Crippen molar-refractivity contribution in [1.82, 2.24) is 9.97 Å². The number of ether oxygens (including phenoxy) is 1. The number of nitrogens with zero attached hydrogens (tertiary/aromatic N) is 2. The predicted molar refractivity (Wildman–Crippen MR) is 60.8 cm³/mol. The Balaban J connectivity index is 2.41. The van der Waals surface area contributed by atoms with Gasteiger partial charge in [-0.25, -0.2) is 14.4 Å². The van der Waals surface area contributed by atoms with Crippen molar-refractivity contribution in [3.63, 3.8) is 0 Å². The van der Waals surface area contributed by atoms with Crippen molar-refractivity contribution in [2.45, 2.75) is 20.3 Å². The molecule has 1 heterocycles. The lowest BCUT2D eigenvalue weighted by Crippen LogP contribution is -2.25. The summed E-state index contributed by atoms with van der Waals surface area (Å²) >= 11 is 0. The first kappa shape index (κ1) is 12.8. The molecule has 1 N–H and O–H groups in total. The summed E-state index contributed by atoms with van der Waals surface area (Å²) in [6, 6.07) is 0. The SMILES string of the molecule is COCCC(C)(C)CNc1ncc(F)cn1. The van der Waals surface area contributed by atoms with E-state index in [2.05, 4.69) is 29.1 Å². The molecule has 0 saturated carbocycles. The molecule has 1 rings (SSSR count). The third kappa shape index (κ3) is 4.53. The number of rotatable bonds is 6. The normalized spacial score (nSPS) is 11.5. The fourth-order valence-electron chi connectivity index (χ4n) is 1.19. The van der Waals surface area contributed by atoms with E-state index in [0.29, 0.717) is 5.95 Å². The van der Waals surface area contributed by atoms with Crippen LogP contribution in [0, 0.1) is 11.2 Å². The smallest absolute Gasteiger partial charge is 0.222 e. The van der Waals surface area contributed by atoms with E-state index in [0.717, 1.165) is 32.0 Å². The van der Waals surface area contributed by atoms with Crippen LogP contribution in [0.4, 0.5) is 10.3 Å². The largest absolute Gasteiger partial charge is 0.385 e. The lowest BCUT2D eigenvalue weighted by atomic mass is 9.90. The van der Waals surface area contributed by atoms with Crippen molar-refractivity contribution in [3.05, 3.63) is 18.2 Å². The van der Waals surface area contributed by atoms with Gasteiger partial charge < -0.3 is 10.1 Å². The average Bonchev–Trinajstić information content (AvgIpc) is 2.26. The standard InChI is InChI=1S/C11H18FN3O/c1-11(2,4-5-16-3)8-15-10-13-6-9(12)7-14-10/h6-7H,4-5,8H2,1-3H3,(H,13,14,15). The Morgan fingerprint density at radius 3 is 2.56 bits per heavy atom. The summed E-state index contributed by atoms with van der Waals surface area (Å²) in [6.07, 6.45) is 3.24. The van der Waals surface area contributed by atoms with Crippen molar-refractivity contribution in [2.75, 3.05) is 25.6 Å². The molecule has 0 bridgehead atoms. The highest BCUT2D eigenvalue weighted by Gasteiger charge is 2.17. The summed E-state index contributed by atoms with van der Waals surface area (Å²) in [5.74, 6) is 0.0242. The number of nitrogens with one attached hydrogen (secondary N) is 1. The fraction of sp³-hybridized carbons (Fsp3) is 0.636. The Kier molecular flexibility index (Phi) is 4.61. The second kappa shape index (κ2) is 5.75. The molecule has 0 aliphatic heterocycles. The van der Waals surface area contributed by atoms with Crippen molar-refractivity contribution in [2.24, 2.45) is 5.41 Å². The van der Waals surface area contributed by atoms with Gasteiger partial charge in [0.05, 0.1) is 12.4 Å². The number of halogens is 1. The molecule has 0 spiro atoms. The Bertz CT molecular complexity index is 314. The maximum atomic E-state index is 12.6. The van der Waals surface area contributed by atoms with Crippen LogP contribution in [0.1, 0.15) is 20.3 Å². The minimum Gasteiger partial charge on any atom is -0.385 e. The van der Waals surface area contributed by atoms with E-state index in [9.17, 15) is 4.39 Å². The van der Waals surface area contributed by atoms with Crippen LogP contribution < -0.4 is 5.32 Å². The van der Waals surface area contributed by atoms with Crippen molar-refractivity contribution < 1.29 is 9.13 Å². The van der Waals surface area contributed by atoms with E-state index < -0.39 is 5.82 Å². The second-order valence-electron chi connectivity index (χ2n) is 4.49. The van der Waals surface area contributed by atoms with Gasteiger partial charge in [-0.15, -0.1) is 0 Å². The number of hydrogen-bond acceptors (Lipinski definition) is 4. The topological polar surface area (TPSA) is 47.0 Å². The summed E-state index contributed by atoms with van der Waals surface area (Å²) in [5.41, 5.74) is 0.0910. The summed E-state index contributed by atoms with van der Waals surface area (Å²) in [5, 5.41) is 3.08. The molecule has 4 nitrogen and oxygen atoms in total. The Morgan fingerprint density at radius 2 is 2.00 bits per heavy atom. The first-order valence-corrected chi connectivity index (χ1v) is 5.24. The molecule has 16 heavy (non-hydrogen) atoms.